The number of carboxylic acids is 1. The Balaban J connectivity index is 2.58. The van der Waals surface area contributed by atoms with Crippen molar-refractivity contribution in [3.05, 3.63) is 39.7 Å². The summed E-state index contributed by atoms with van der Waals surface area (Å²) in [5.41, 5.74) is 2.16. The first kappa shape index (κ1) is 11.9. The Kier molecular flexibility index (Phi) is 3.02. The molecule has 0 fully saturated rings. The summed E-state index contributed by atoms with van der Waals surface area (Å²) >= 11 is 3.44. The van der Waals surface area contributed by atoms with Crippen LogP contribution < -0.4 is 0 Å². The smallest absolute Gasteiger partial charge is 0.373 e. The number of aromatic nitrogens is 1. The third-order valence-electron chi connectivity index (χ3n) is 2.41. The Morgan fingerprint density at radius 2 is 2.12 bits per heavy atom. The van der Waals surface area contributed by atoms with E-state index in [-0.39, 0.29) is 5.76 Å². The molecule has 0 spiro atoms. The molecular weight excluding hydrogens is 286 g/mol. The molecule has 0 amide bonds. The number of rotatable bonds is 2. The summed E-state index contributed by atoms with van der Waals surface area (Å²) in [4.78, 5) is 15.0. The fraction of sp³-hybridized carbons (Fsp3) is 0.167. The predicted octanol–water partition coefficient (Wildman–Crippen LogP) is 3.42. The van der Waals surface area contributed by atoms with Gasteiger partial charge in [-0.1, -0.05) is 12.1 Å². The highest BCUT2D eigenvalue weighted by atomic mass is 79.9. The molecule has 1 aromatic carbocycles. The van der Waals surface area contributed by atoms with Crippen molar-refractivity contribution in [1.82, 2.24) is 4.98 Å². The molecule has 0 aliphatic carbocycles. The molecule has 0 saturated carbocycles. The first-order chi connectivity index (χ1) is 8.00. The fourth-order valence-corrected chi connectivity index (χ4v) is 1.96. The van der Waals surface area contributed by atoms with Crippen molar-refractivity contribution in [3.8, 4) is 11.5 Å². The van der Waals surface area contributed by atoms with Crippen molar-refractivity contribution in [2.24, 2.45) is 0 Å². The van der Waals surface area contributed by atoms with Crippen LogP contribution in [0.4, 0.5) is 0 Å². The van der Waals surface area contributed by atoms with Gasteiger partial charge in [0.1, 0.15) is 0 Å². The summed E-state index contributed by atoms with van der Waals surface area (Å²) in [6.45, 7) is 3.56. The Morgan fingerprint density at radius 1 is 1.41 bits per heavy atom. The minimum absolute atomic E-state index is 0.117. The van der Waals surface area contributed by atoms with E-state index >= 15 is 0 Å². The SMILES string of the molecule is Cc1cccc(-c2nc(C)c(C(=O)O)o2)c1Br. The summed E-state index contributed by atoms with van der Waals surface area (Å²) < 4.78 is 6.12. The zero-order valence-corrected chi connectivity index (χ0v) is 10.9. The van der Waals surface area contributed by atoms with Gasteiger partial charge in [0.05, 0.1) is 11.3 Å². The molecule has 1 N–H and O–H groups in total. The number of benzene rings is 1. The van der Waals surface area contributed by atoms with E-state index in [1.165, 1.54) is 0 Å². The molecule has 0 saturated heterocycles. The van der Waals surface area contributed by atoms with E-state index in [1.54, 1.807) is 6.92 Å². The molecule has 0 radical (unpaired) electrons. The van der Waals surface area contributed by atoms with Gasteiger partial charge in [0.15, 0.2) is 0 Å². The van der Waals surface area contributed by atoms with Crippen molar-refractivity contribution in [2.45, 2.75) is 13.8 Å². The molecule has 0 bridgehead atoms. The number of carboxylic acid groups (broad SMARTS) is 1. The summed E-state index contributed by atoms with van der Waals surface area (Å²) in [5, 5.41) is 8.90. The van der Waals surface area contributed by atoms with Crippen molar-refractivity contribution >= 4 is 21.9 Å². The maximum absolute atomic E-state index is 10.9. The van der Waals surface area contributed by atoms with Gasteiger partial charge in [0.25, 0.3) is 0 Å². The van der Waals surface area contributed by atoms with E-state index in [2.05, 4.69) is 20.9 Å². The van der Waals surface area contributed by atoms with Gasteiger partial charge in [-0.25, -0.2) is 9.78 Å². The summed E-state index contributed by atoms with van der Waals surface area (Å²) in [5.74, 6) is -0.908. The van der Waals surface area contributed by atoms with Crippen molar-refractivity contribution in [1.29, 1.82) is 0 Å². The van der Waals surface area contributed by atoms with Crippen molar-refractivity contribution in [3.63, 3.8) is 0 Å². The molecule has 0 aliphatic heterocycles. The zero-order valence-electron chi connectivity index (χ0n) is 9.32. The highest BCUT2D eigenvalue weighted by Gasteiger charge is 2.18. The second-order valence-corrected chi connectivity index (χ2v) is 4.47. The summed E-state index contributed by atoms with van der Waals surface area (Å²) in [6.07, 6.45) is 0. The standard InChI is InChI=1S/C12H10BrNO3/c1-6-4-3-5-8(9(6)13)11-14-7(2)10(17-11)12(15)16/h3-5H,1-2H3,(H,15,16). The second-order valence-electron chi connectivity index (χ2n) is 3.68. The lowest BCUT2D eigenvalue weighted by Crippen LogP contribution is -1.95. The van der Waals surface area contributed by atoms with Crippen LogP contribution in [0, 0.1) is 13.8 Å². The minimum atomic E-state index is -1.11. The molecule has 88 valence electrons. The van der Waals surface area contributed by atoms with Gasteiger partial charge in [0, 0.05) is 4.47 Å². The summed E-state index contributed by atoms with van der Waals surface area (Å²) in [7, 11) is 0. The lowest BCUT2D eigenvalue weighted by molar-refractivity contribution is 0.0662. The first-order valence-corrected chi connectivity index (χ1v) is 5.76. The number of carbonyl (C=O) groups is 1. The number of aryl methyl sites for hydroxylation is 2. The second kappa shape index (κ2) is 4.33. The third-order valence-corrected chi connectivity index (χ3v) is 3.47. The van der Waals surface area contributed by atoms with E-state index in [9.17, 15) is 4.79 Å². The van der Waals surface area contributed by atoms with E-state index in [0.717, 1.165) is 15.6 Å². The molecule has 2 aromatic rings. The average molecular weight is 296 g/mol. The maximum atomic E-state index is 10.9. The van der Waals surface area contributed by atoms with Crippen LogP contribution in [0.15, 0.2) is 27.1 Å². The number of aromatic carboxylic acids is 1. The molecule has 1 aromatic heterocycles. The minimum Gasteiger partial charge on any atom is -0.475 e. The molecular formula is C12H10BrNO3. The molecule has 0 unspecified atom stereocenters. The van der Waals surface area contributed by atoms with E-state index in [1.807, 2.05) is 25.1 Å². The molecule has 0 atom stereocenters. The van der Waals surface area contributed by atoms with E-state index in [4.69, 9.17) is 9.52 Å². The van der Waals surface area contributed by atoms with Gasteiger partial charge in [-0.3, -0.25) is 0 Å². The van der Waals surface area contributed by atoms with Crippen molar-refractivity contribution in [2.75, 3.05) is 0 Å². The van der Waals surface area contributed by atoms with Crippen LogP contribution in [0.5, 0.6) is 0 Å². The topological polar surface area (TPSA) is 63.3 Å². The Labute approximate surface area is 106 Å². The quantitative estimate of drug-likeness (QED) is 0.922. The molecule has 4 nitrogen and oxygen atoms in total. The summed E-state index contributed by atoms with van der Waals surface area (Å²) in [6, 6.07) is 5.64. The van der Waals surface area contributed by atoms with Gasteiger partial charge in [-0.15, -0.1) is 0 Å². The van der Waals surface area contributed by atoms with E-state index < -0.39 is 5.97 Å². The van der Waals surface area contributed by atoms with Crippen LogP contribution in [0.25, 0.3) is 11.5 Å². The number of halogens is 1. The van der Waals surface area contributed by atoms with Gasteiger partial charge >= 0.3 is 5.97 Å². The number of hydrogen-bond acceptors (Lipinski definition) is 3. The predicted molar refractivity (Wildman–Crippen MR) is 66.1 cm³/mol. The lowest BCUT2D eigenvalue weighted by Gasteiger charge is -2.02. The van der Waals surface area contributed by atoms with Gasteiger partial charge in [-0.2, -0.15) is 0 Å². The zero-order chi connectivity index (χ0) is 12.6. The van der Waals surface area contributed by atoms with Crippen molar-refractivity contribution < 1.29 is 14.3 Å². The molecule has 0 aliphatic rings. The third kappa shape index (κ3) is 2.10. The fourth-order valence-electron chi connectivity index (χ4n) is 1.52. The highest BCUT2D eigenvalue weighted by Crippen LogP contribution is 2.31. The number of hydrogen-bond donors (Lipinski definition) is 1. The Bertz CT molecular complexity index is 589. The highest BCUT2D eigenvalue weighted by molar-refractivity contribution is 9.10. The van der Waals surface area contributed by atoms with Gasteiger partial charge < -0.3 is 9.52 Å². The average Bonchev–Trinajstić information content (AvgIpc) is 2.64. The number of oxazole rings is 1. The monoisotopic (exact) mass is 295 g/mol. The van der Waals surface area contributed by atoms with Crippen LogP contribution >= 0.6 is 15.9 Å². The Hall–Kier alpha value is -1.62. The normalized spacial score (nSPS) is 10.5. The van der Waals surface area contributed by atoms with Gasteiger partial charge in [0.2, 0.25) is 11.7 Å². The molecule has 2 rings (SSSR count). The van der Waals surface area contributed by atoms with E-state index in [0.29, 0.717) is 11.6 Å². The Morgan fingerprint density at radius 3 is 2.71 bits per heavy atom. The molecule has 1 heterocycles. The number of nitrogens with zero attached hydrogens (tertiary/aromatic N) is 1. The van der Waals surface area contributed by atoms with Crippen LogP contribution in [0.2, 0.25) is 0 Å². The van der Waals surface area contributed by atoms with Gasteiger partial charge in [-0.05, 0) is 41.4 Å². The van der Waals surface area contributed by atoms with Crippen LogP contribution in [0.3, 0.4) is 0 Å². The van der Waals surface area contributed by atoms with Crippen LogP contribution in [-0.4, -0.2) is 16.1 Å². The molecule has 17 heavy (non-hydrogen) atoms. The largest absolute Gasteiger partial charge is 0.475 e. The lowest BCUT2D eigenvalue weighted by atomic mass is 10.1. The molecule has 5 heteroatoms. The first-order valence-electron chi connectivity index (χ1n) is 4.97. The maximum Gasteiger partial charge on any atom is 0.373 e. The van der Waals surface area contributed by atoms with Crippen LogP contribution in [0.1, 0.15) is 21.8 Å². The van der Waals surface area contributed by atoms with Crippen LogP contribution in [-0.2, 0) is 0 Å².